The first-order valence-corrected chi connectivity index (χ1v) is 11.6. The Balaban J connectivity index is 1.70. The van der Waals surface area contributed by atoms with Crippen molar-refractivity contribution in [1.29, 1.82) is 0 Å². The van der Waals surface area contributed by atoms with Crippen LogP contribution >= 0.6 is 0 Å². The molecule has 1 saturated carbocycles. The second-order valence-electron chi connectivity index (χ2n) is 8.24. The molecule has 0 aliphatic heterocycles. The molecule has 1 aliphatic carbocycles. The Labute approximate surface area is 181 Å². The lowest BCUT2D eigenvalue weighted by atomic mass is 9.93. The number of carbonyl (C=O) groups excluding carboxylic acids is 1. The number of aryl methyl sites for hydroxylation is 1. The minimum absolute atomic E-state index is 0.00968. The molecule has 162 valence electrons. The topological polar surface area (TPSA) is 111 Å². The number of sulfonamides is 1. The highest BCUT2D eigenvalue weighted by Crippen LogP contribution is 2.52. The Kier molecular flexibility index (Phi) is 5.13. The quantitative estimate of drug-likeness (QED) is 0.608. The highest BCUT2D eigenvalue weighted by Gasteiger charge is 2.54. The summed E-state index contributed by atoms with van der Waals surface area (Å²) < 4.78 is 34.5. The van der Waals surface area contributed by atoms with Crippen LogP contribution in [-0.4, -0.2) is 25.4 Å². The van der Waals surface area contributed by atoms with Crippen molar-refractivity contribution in [3.63, 3.8) is 0 Å². The van der Waals surface area contributed by atoms with Crippen LogP contribution in [0.2, 0.25) is 0 Å². The van der Waals surface area contributed by atoms with Crippen molar-refractivity contribution in [3.05, 3.63) is 59.7 Å². The predicted molar refractivity (Wildman–Crippen MR) is 119 cm³/mol. The molecular formula is C23H25N3O4S. The first-order chi connectivity index (χ1) is 14.6. The van der Waals surface area contributed by atoms with Gasteiger partial charge in [0.15, 0.2) is 0 Å². The Hall–Kier alpha value is -3.13. The van der Waals surface area contributed by atoms with Crippen LogP contribution in [0.3, 0.4) is 0 Å². The number of nitrogens with zero attached hydrogens (tertiary/aromatic N) is 1. The Morgan fingerprint density at radius 3 is 2.58 bits per heavy atom. The van der Waals surface area contributed by atoms with E-state index < -0.39 is 21.3 Å². The van der Waals surface area contributed by atoms with Crippen molar-refractivity contribution in [2.45, 2.75) is 50.0 Å². The van der Waals surface area contributed by atoms with Gasteiger partial charge in [-0.2, -0.15) is 0 Å². The fourth-order valence-electron chi connectivity index (χ4n) is 3.77. The van der Waals surface area contributed by atoms with Crippen molar-refractivity contribution in [2.75, 3.05) is 5.73 Å². The zero-order valence-electron chi connectivity index (χ0n) is 17.7. The number of nitrogen functional groups attached to an aromatic ring is 1. The summed E-state index contributed by atoms with van der Waals surface area (Å²) in [6, 6.07) is 13.5. The third-order valence-corrected chi connectivity index (χ3v) is 6.82. The number of fused-ring (bicyclic) bond motifs is 1. The summed E-state index contributed by atoms with van der Waals surface area (Å²) in [5, 5.41) is 0.404. The van der Waals surface area contributed by atoms with Crippen molar-refractivity contribution in [3.8, 4) is 5.75 Å². The number of nitrogens with one attached hydrogen (secondary N) is 1. The van der Waals surface area contributed by atoms with E-state index in [2.05, 4.69) is 9.71 Å². The molecule has 3 aromatic rings. The maximum Gasteiger partial charge on any atom is 0.264 e. The SMILES string of the molecule is Cc1ccc(OC(C)C)c(C2(C(=O)NS(=O)(=O)c3cccc4nc(N)ccc34)CC2)c1. The van der Waals surface area contributed by atoms with Gasteiger partial charge in [-0.05, 0) is 63.9 Å². The number of ether oxygens (including phenoxy) is 1. The Bertz CT molecular complexity index is 1280. The monoisotopic (exact) mass is 439 g/mol. The first-order valence-electron chi connectivity index (χ1n) is 10.1. The molecule has 0 radical (unpaired) electrons. The van der Waals surface area contributed by atoms with E-state index in [0.29, 0.717) is 35.3 Å². The average molecular weight is 440 g/mol. The van der Waals surface area contributed by atoms with E-state index in [-0.39, 0.29) is 11.0 Å². The Morgan fingerprint density at radius 2 is 1.90 bits per heavy atom. The van der Waals surface area contributed by atoms with Gasteiger partial charge in [-0.3, -0.25) is 4.79 Å². The molecular weight excluding hydrogens is 414 g/mol. The molecule has 31 heavy (non-hydrogen) atoms. The van der Waals surface area contributed by atoms with Crippen LogP contribution in [0.1, 0.15) is 37.8 Å². The van der Waals surface area contributed by atoms with Gasteiger partial charge in [0.1, 0.15) is 11.6 Å². The number of aromatic nitrogens is 1. The van der Waals surface area contributed by atoms with E-state index in [4.69, 9.17) is 10.5 Å². The molecule has 0 bridgehead atoms. The maximum absolute atomic E-state index is 13.3. The molecule has 0 spiro atoms. The number of amides is 1. The molecule has 0 atom stereocenters. The second kappa shape index (κ2) is 7.53. The lowest BCUT2D eigenvalue weighted by molar-refractivity contribution is -0.121. The van der Waals surface area contributed by atoms with Gasteiger partial charge in [-0.25, -0.2) is 18.1 Å². The third kappa shape index (κ3) is 3.95. The van der Waals surface area contributed by atoms with E-state index in [9.17, 15) is 13.2 Å². The van der Waals surface area contributed by atoms with Gasteiger partial charge >= 0.3 is 0 Å². The van der Waals surface area contributed by atoms with Gasteiger partial charge in [0.05, 0.1) is 21.9 Å². The molecule has 0 unspecified atom stereocenters. The zero-order valence-corrected chi connectivity index (χ0v) is 18.5. The maximum atomic E-state index is 13.3. The molecule has 0 saturated heterocycles. The number of pyridine rings is 1. The number of nitrogens with two attached hydrogens (primary N) is 1. The van der Waals surface area contributed by atoms with Gasteiger partial charge in [0.25, 0.3) is 10.0 Å². The van der Waals surface area contributed by atoms with Crippen LogP contribution in [0.5, 0.6) is 5.75 Å². The van der Waals surface area contributed by atoms with E-state index >= 15 is 0 Å². The lowest BCUT2D eigenvalue weighted by Crippen LogP contribution is -2.39. The second-order valence-corrected chi connectivity index (χ2v) is 9.89. The highest BCUT2D eigenvalue weighted by molar-refractivity contribution is 7.90. The van der Waals surface area contributed by atoms with Crippen LogP contribution in [0, 0.1) is 6.92 Å². The zero-order chi connectivity index (χ0) is 22.4. The van der Waals surface area contributed by atoms with Crippen LogP contribution in [0.25, 0.3) is 10.9 Å². The molecule has 1 heterocycles. The van der Waals surface area contributed by atoms with Crippen LogP contribution in [0.4, 0.5) is 5.82 Å². The van der Waals surface area contributed by atoms with E-state index in [1.54, 1.807) is 18.2 Å². The molecule has 1 fully saturated rings. The van der Waals surface area contributed by atoms with Gasteiger partial charge < -0.3 is 10.5 Å². The third-order valence-electron chi connectivity index (χ3n) is 5.43. The summed E-state index contributed by atoms with van der Waals surface area (Å²) in [6.45, 7) is 5.76. The molecule has 3 N–H and O–H groups in total. The van der Waals surface area contributed by atoms with E-state index in [1.807, 2.05) is 39.0 Å². The normalized spacial score (nSPS) is 15.1. The number of hydrogen-bond acceptors (Lipinski definition) is 6. The largest absolute Gasteiger partial charge is 0.491 e. The lowest BCUT2D eigenvalue weighted by Gasteiger charge is -2.21. The molecule has 8 heteroatoms. The summed E-state index contributed by atoms with van der Waals surface area (Å²) >= 11 is 0. The van der Waals surface area contributed by atoms with Crippen molar-refractivity contribution in [2.24, 2.45) is 0 Å². The average Bonchev–Trinajstić information content (AvgIpc) is 3.50. The van der Waals surface area contributed by atoms with Crippen LogP contribution in [-0.2, 0) is 20.2 Å². The van der Waals surface area contributed by atoms with Crippen LogP contribution in [0.15, 0.2) is 53.4 Å². The molecule has 1 aliphatic rings. The number of hydrogen-bond donors (Lipinski definition) is 2. The summed E-state index contributed by atoms with van der Waals surface area (Å²) in [6.07, 6.45) is 1.04. The summed E-state index contributed by atoms with van der Waals surface area (Å²) in [5.74, 6) is 0.350. The standard InChI is InChI=1S/C23H25N3O4S/c1-14(2)30-19-9-7-15(3)13-17(19)23(11-12-23)22(27)26-31(28,29)20-6-4-5-18-16(20)8-10-21(24)25-18/h4-10,13-14H,11-12H2,1-3H3,(H2,24,25)(H,26,27). The smallest absolute Gasteiger partial charge is 0.264 e. The van der Waals surface area contributed by atoms with E-state index in [0.717, 1.165) is 11.1 Å². The van der Waals surface area contributed by atoms with Crippen molar-refractivity contribution in [1.82, 2.24) is 9.71 Å². The number of anilines is 1. The summed E-state index contributed by atoms with van der Waals surface area (Å²) in [7, 11) is -4.12. The fourth-order valence-corrected chi connectivity index (χ4v) is 5.04. The summed E-state index contributed by atoms with van der Waals surface area (Å²) in [4.78, 5) is 17.4. The Morgan fingerprint density at radius 1 is 1.16 bits per heavy atom. The summed E-state index contributed by atoms with van der Waals surface area (Å²) in [5.41, 5.74) is 6.94. The van der Waals surface area contributed by atoms with Crippen LogP contribution < -0.4 is 15.2 Å². The molecule has 1 aromatic heterocycles. The van der Waals surface area contributed by atoms with Gasteiger partial charge in [0, 0.05) is 10.9 Å². The molecule has 4 rings (SSSR count). The van der Waals surface area contributed by atoms with Crippen molar-refractivity contribution >= 4 is 32.7 Å². The van der Waals surface area contributed by atoms with Gasteiger partial charge in [0.2, 0.25) is 5.91 Å². The van der Waals surface area contributed by atoms with Crippen molar-refractivity contribution < 1.29 is 17.9 Å². The molecule has 1 amide bonds. The van der Waals surface area contributed by atoms with Gasteiger partial charge in [-0.15, -0.1) is 0 Å². The fraction of sp³-hybridized carbons (Fsp3) is 0.304. The van der Waals surface area contributed by atoms with E-state index in [1.165, 1.54) is 12.1 Å². The molecule has 2 aromatic carbocycles. The predicted octanol–water partition coefficient (Wildman–Crippen LogP) is 3.45. The number of rotatable bonds is 6. The number of carbonyl (C=O) groups is 1. The minimum atomic E-state index is -4.12. The number of benzene rings is 2. The molecule has 7 nitrogen and oxygen atoms in total. The van der Waals surface area contributed by atoms with Gasteiger partial charge in [-0.1, -0.05) is 23.8 Å². The highest BCUT2D eigenvalue weighted by atomic mass is 32.2. The first kappa shape index (κ1) is 21.1. The minimum Gasteiger partial charge on any atom is -0.491 e.